The number of carbonyl (C=O) groups excluding carboxylic acids is 4. The van der Waals surface area contributed by atoms with Gasteiger partial charge in [-0.3, -0.25) is 19.7 Å². The van der Waals surface area contributed by atoms with Crippen LogP contribution in [0.5, 0.6) is 0 Å². The largest absolute Gasteiger partial charge is 0.466 e. The normalized spacial score (nSPS) is 13.7. The number of nitrogens with zero attached hydrogens (tertiary/aromatic N) is 2. The minimum absolute atomic E-state index is 0.00357. The van der Waals surface area contributed by atoms with Gasteiger partial charge in [0, 0.05) is 23.4 Å². The van der Waals surface area contributed by atoms with Gasteiger partial charge in [-0.2, -0.15) is 0 Å². The molecule has 11 nitrogen and oxygen atoms in total. The minimum Gasteiger partial charge on any atom is -0.466 e. The molecule has 1 aliphatic rings. The van der Waals surface area contributed by atoms with Gasteiger partial charge < -0.3 is 10.1 Å². The molecule has 0 radical (unpaired) electrons. The fraction of sp³-hybridized carbons (Fsp3) is 0.480. The molecule has 3 amide bonds. The molecule has 1 fully saturated rings. The van der Waals surface area contributed by atoms with Gasteiger partial charge in [0.1, 0.15) is 0 Å². The number of aromatic nitrogens is 1. The van der Waals surface area contributed by atoms with Gasteiger partial charge in [0.05, 0.1) is 37.1 Å². The first-order valence-corrected chi connectivity index (χ1v) is 15.1. The molecule has 0 bridgehead atoms. The number of Topliss-reactive ketones (excluding diaryl/α,β-unsaturated/α-hetero) is 1. The van der Waals surface area contributed by atoms with Crippen molar-refractivity contribution in [3.63, 3.8) is 0 Å². The molecule has 0 unspecified atom stereocenters. The highest BCUT2D eigenvalue weighted by Crippen LogP contribution is 2.31. The summed E-state index contributed by atoms with van der Waals surface area (Å²) in [6, 6.07) is 4.04. The third kappa shape index (κ3) is 7.84. The first-order valence-electron chi connectivity index (χ1n) is 12.4. The van der Waals surface area contributed by atoms with E-state index in [9.17, 15) is 27.6 Å². The van der Waals surface area contributed by atoms with Crippen LogP contribution >= 0.6 is 11.3 Å². The summed E-state index contributed by atoms with van der Waals surface area (Å²) in [5.74, 6) is -1.33. The van der Waals surface area contributed by atoms with E-state index in [1.54, 1.807) is 31.4 Å². The second kappa shape index (κ2) is 13.0. The zero-order chi connectivity index (χ0) is 27.9. The zero-order valence-corrected chi connectivity index (χ0v) is 23.2. The molecule has 2 aromatic rings. The van der Waals surface area contributed by atoms with E-state index in [1.807, 2.05) is 0 Å². The minimum atomic E-state index is -3.71. The predicted molar refractivity (Wildman–Crippen MR) is 144 cm³/mol. The molecule has 0 atom stereocenters. The summed E-state index contributed by atoms with van der Waals surface area (Å²) in [6.45, 7) is 3.55. The van der Waals surface area contributed by atoms with Crippen LogP contribution in [-0.2, 0) is 37.2 Å². The maximum Gasteiger partial charge on any atom is 0.325 e. The lowest BCUT2D eigenvalue weighted by atomic mass is 9.93. The molecule has 3 rings (SSSR count). The number of ketones is 1. The number of thiazole rings is 1. The molecule has 0 saturated heterocycles. The summed E-state index contributed by atoms with van der Waals surface area (Å²) in [4.78, 5) is 54.6. The van der Waals surface area contributed by atoms with Crippen molar-refractivity contribution in [2.45, 2.75) is 52.4 Å². The van der Waals surface area contributed by atoms with E-state index in [0.29, 0.717) is 11.3 Å². The number of anilines is 2. The maximum atomic E-state index is 13.3. The molecule has 1 aromatic carbocycles. The highest BCUT2D eigenvalue weighted by molar-refractivity contribution is 7.88. The van der Waals surface area contributed by atoms with Gasteiger partial charge in [-0.25, -0.2) is 22.5 Å². The number of likely N-dealkylation sites (N-methyl/N-ethyl adjacent to an activating group) is 1. The Kier molecular flexibility index (Phi) is 9.97. The van der Waals surface area contributed by atoms with Gasteiger partial charge in [0.15, 0.2) is 10.9 Å². The van der Waals surface area contributed by atoms with Crippen LogP contribution in [0.1, 0.15) is 61.1 Å². The number of amides is 3. The first-order chi connectivity index (χ1) is 18.0. The molecule has 1 aliphatic carbocycles. The summed E-state index contributed by atoms with van der Waals surface area (Å²) in [5.41, 5.74) is 1.47. The van der Waals surface area contributed by atoms with Crippen LogP contribution in [0.25, 0.3) is 0 Å². The Morgan fingerprint density at radius 3 is 2.45 bits per heavy atom. The molecule has 1 saturated carbocycles. The maximum absolute atomic E-state index is 13.3. The smallest absolute Gasteiger partial charge is 0.325 e. The summed E-state index contributed by atoms with van der Waals surface area (Å²) in [6.07, 6.45) is 4.12. The quantitative estimate of drug-likeness (QED) is 0.310. The van der Waals surface area contributed by atoms with E-state index in [0.717, 1.165) is 47.6 Å². The second-order valence-corrected chi connectivity index (χ2v) is 11.7. The molecule has 1 aromatic heterocycles. The van der Waals surface area contributed by atoms with Crippen LogP contribution in [0.2, 0.25) is 0 Å². The van der Waals surface area contributed by atoms with Crippen molar-refractivity contribution in [3.8, 4) is 0 Å². The third-order valence-corrected chi connectivity index (χ3v) is 8.12. The van der Waals surface area contributed by atoms with Gasteiger partial charge >= 0.3 is 12.0 Å². The molecule has 38 heavy (non-hydrogen) atoms. The van der Waals surface area contributed by atoms with E-state index in [1.165, 1.54) is 6.07 Å². The summed E-state index contributed by atoms with van der Waals surface area (Å²) in [5, 5.41) is 7.20. The number of ether oxygens (including phenoxy) is 1. The van der Waals surface area contributed by atoms with Crippen molar-refractivity contribution in [2.75, 3.05) is 30.0 Å². The summed E-state index contributed by atoms with van der Waals surface area (Å²) < 4.78 is 29.5. The van der Waals surface area contributed by atoms with Crippen LogP contribution in [0.3, 0.4) is 0 Å². The lowest BCUT2D eigenvalue weighted by Gasteiger charge is -2.19. The van der Waals surface area contributed by atoms with Crippen LogP contribution in [-0.4, -0.2) is 60.8 Å². The summed E-state index contributed by atoms with van der Waals surface area (Å²) in [7, 11) is -3.71. The SMILES string of the molecule is CCOC(=O)Cc1csc(NC(=O)Nc2ccc(CC(=O)N(CC)S(C)(=O)=O)cc2C(=O)C2CCCC2)n1. The van der Waals surface area contributed by atoms with Gasteiger partial charge in [0.2, 0.25) is 15.9 Å². The van der Waals surface area contributed by atoms with Gasteiger partial charge in [-0.15, -0.1) is 11.3 Å². The Bertz CT molecular complexity index is 1300. The zero-order valence-electron chi connectivity index (χ0n) is 21.6. The number of rotatable bonds is 11. The van der Waals surface area contributed by atoms with Crippen molar-refractivity contribution < 1.29 is 32.3 Å². The van der Waals surface area contributed by atoms with Gasteiger partial charge in [-0.1, -0.05) is 18.9 Å². The number of carbonyl (C=O) groups is 4. The van der Waals surface area contributed by atoms with Crippen molar-refractivity contribution in [3.05, 3.63) is 40.4 Å². The highest BCUT2D eigenvalue weighted by Gasteiger charge is 2.27. The first kappa shape index (κ1) is 29.2. The molecular formula is C25H32N4O7S2. The fourth-order valence-corrected chi connectivity index (χ4v) is 5.95. The Labute approximate surface area is 226 Å². The Morgan fingerprint density at radius 1 is 1.11 bits per heavy atom. The number of sulfonamides is 1. The van der Waals surface area contributed by atoms with E-state index in [2.05, 4.69) is 15.6 Å². The average molecular weight is 565 g/mol. The van der Waals surface area contributed by atoms with E-state index in [-0.39, 0.29) is 54.1 Å². The molecule has 1 heterocycles. The standard InChI is InChI=1S/C25H32N4O7S2/c1-4-29(38(3,34)35)21(30)13-16-10-11-20(19(12-16)23(32)17-8-6-7-9-17)27-24(33)28-25-26-18(15-37-25)14-22(31)36-5-2/h10-12,15,17H,4-9,13-14H2,1-3H3,(H2,26,27,28,33). The summed E-state index contributed by atoms with van der Waals surface area (Å²) >= 11 is 1.15. The second-order valence-electron chi connectivity index (χ2n) is 8.93. The molecule has 13 heteroatoms. The number of nitrogens with one attached hydrogen (secondary N) is 2. The number of hydrogen-bond acceptors (Lipinski definition) is 9. The van der Waals surface area contributed by atoms with Gasteiger partial charge in [0.25, 0.3) is 0 Å². The third-order valence-electron chi connectivity index (χ3n) is 6.05. The molecular weight excluding hydrogens is 532 g/mol. The number of urea groups is 1. The van der Waals surface area contributed by atoms with Crippen LogP contribution in [0.4, 0.5) is 15.6 Å². The lowest BCUT2D eigenvalue weighted by molar-refractivity contribution is -0.142. The van der Waals surface area contributed by atoms with Crippen LogP contribution < -0.4 is 10.6 Å². The van der Waals surface area contributed by atoms with Crippen LogP contribution in [0, 0.1) is 5.92 Å². The number of benzene rings is 1. The monoisotopic (exact) mass is 564 g/mol. The lowest BCUT2D eigenvalue weighted by Crippen LogP contribution is -2.36. The number of esters is 1. The van der Waals surface area contributed by atoms with Crippen molar-refractivity contribution >= 4 is 55.9 Å². The van der Waals surface area contributed by atoms with E-state index < -0.39 is 27.9 Å². The molecule has 2 N–H and O–H groups in total. The highest BCUT2D eigenvalue weighted by atomic mass is 32.2. The fourth-order valence-electron chi connectivity index (χ4n) is 4.34. The van der Waals surface area contributed by atoms with Crippen LogP contribution in [0.15, 0.2) is 23.6 Å². The average Bonchev–Trinajstić information content (AvgIpc) is 3.52. The van der Waals surface area contributed by atoms with Crippen molar-refractivity contribution in [1.29, 1.82) is 0 Å². The predicted octanol–water partition coefficient (Wildman–Crippen LogP) is 3.62. The molecule has 206 valence electrons. The van der Waals surface area contributed by atoms with E-state index in [4.69, 9.17) is 4.74 Å². The Morgan fingerprint density at radius 2 is 1.82 bits per heavy atom. The topological polar surface area (TPSA) is 152 Å². The molecule has 0 aliphatic heterocycles. The van der Waals surface area contributed by atoms with Crippen molar-refractivity contribution in [2.24, 2.45) is 5.92 Å². The van der Waals surface area contributed by atoms with Crippen molar-refractivity contribution in [1.82, 2.24) is 9.29 Å². The Hall–Kier alpha value is -3.32. The van der Waals surface area contributed by atoms with E-state index >= 15 is 0 Å². The van der Waals surface area contributed by atoms with Gasteiger partial charge in [-0.05, 0) is 44.4 Å². The molecule has 0 spiro atoms. The Balaban J connectivity index is 1.78. The number of hydrogen-bond donors (Lipinski definition) is 2.